The van der Waals surface area contributed by atoms with E-state index in [2.05, 4.69) is 78.2 Å². The molecule has 2 rings (SSSR count). The first kappa shape index (κ1) is 19.8. The molecule has 0 atom stereocenters. The Morgan fingerprint density at radius 1 is 1.00 bits per heavy atom. The van der Waals surface area contributed by atoms with Crippen molar-refractivity contribution in [3.05, 3.63) is 60.7 Å². The molecule has 0 unspecified atom stereocenters. The van der Waals surface area contributed by atoms with Crippen LogP contribution in [0.5, 0.6) is 0 Å². The van der Waals surface area contributed by atoms with Gasteiger partial charge in [0.1, 0.15) is 0 Å². The molecular weight excluding hydrogens is 317 g/mol. The fourth-order valence-electron chi connectivity index (χ4n) is 1.34. The second-order valence-corrected chi connectivity index (χ2v) is 4.51. The Morgan fingerprint density at radius 3 is 1.65 bits per heavy atom. The van der Waals surface area contributed by atoms with Crippen LogP contribution in [0.25, 0.3) is 11.1 Å². The SMILES string of the molecule is O=CONC(=S)S.[KH].c1ccc(-c2ccccc2)cc1. The number of thiocarbonyl (C=S) groups is 1. The van der Waals surface area contributed by atoms with Crippen molar-refractivity contribution in [3.8, 4) is 11.1 Å². The van der Waals surface area contributed by atoms with Gasteiger partial charge in [0.05, 0.1) is 0 Å². The van der Waals surface area contributed by atoms with Crippen molar-refractivity contribution in [1.82, 2.24) is 5.48 Å². The Bertz CT molecular complexity index is 472. The molecule has 0 aliphatic carbocycles. The van der Waals surface area contributed by atoms with E-state index in [-0.39, 0.29) is 62.2 Å². The Labute approximate surface area is 171 Å². The third-order valence-corrected chi connectivity index (χ3v) is 2.25. The molecule has 3 nitrogen and oxygen atoms in total. The Kier molecular flexibility index (Phi) is 12.4. The molecule has 0 fully saturated rings. The van der Waals surface area contributed by atoms with Crippen molar-refractivity contribution in [2.24, 2.45) is 0 Å². The van der Waals surface area contributed by atoms with Crippen LogP contribution in [0.3, 0.4) is 0 Å². The molecule has 2 aromatic carbocycles. The molecule has 0 saturated heterocycles. The van der Waals surface area contributed by atoms with Crippen LogP contribution in [0.2, 0.25) is 0 Å². The minimum Gasteiger partial charge on any atom is -0.0622 e. The molecule has 0 spiro atoms. The molecule has 0 aromatic heterocycles. The van der Waals surface area contributed by atoms with Crippen molar-refractivity contribution in [3.63, 3.8) is 0 Å². The Hall–Kier alpha value is -0.214. The summed E-state index contributed by atoms with van der Waals surface area (Å²) in [7, 11) is 0. The molecule has 0 aliphatic rings. The largest absolute Gasteiger partial charge is 0.0622 e. The summed E-state index contributed by atoms with van der Waals surface area (Å²) in [4.78, 5) is 13.3. The summed E-state index contributed by atoms with van der Waals surface area (Å²) in [6, 6.07) is 20.8. The summed E-state index contributed by atoms with van der Waals surface area (Å²) in [6.07, 6.45) is 0. The average Bonchev–Trinajstić information content (AvgIpc) is 2.47. The summed E-state index contributed by atoms with van der Waals surface area (Å²) < 4.78 is 0.132. The molecule has 0 bridgehead atoms. The van der Waals surface area contributed by atoms with Gasteiger partial charge in [0.2, 0.25) is 0 Å². The van der Waals surface area contributed by atoms with Crippen molar-refractivity contribution in [2.75, 3.05) is 0 Å². The van der Waals surface area contributed by atoms with Crippen LogP contribution in [0, 0.1) is 0 Å². The number of hydrogen-bond donors (Lipinski definition) is 2. The molecule has 100 valence electrons. The number of rotatable bonds is 3. The van der Waals surface area contributed by atoms with Gasteiger partial charge in [-0.3, -0.25) is 4.79 Å². The van der Waals surface area contributed by atoms with Crippen molar-refractivity contribution >= 4 is 87.0 Å². The molecule has 2 aromatic rings. The predicted molar refractivity (Wildman–Crippen MR) is 90.9 cm³/mol. The third-order valence-electron chi connectivity index (χ3n) is 2.08. The smallest absolute Gasteiger partial charge is 0.0184 e. The van der Waals surface area contributed by atoms with Crippen LogP contribution in [0.15, 0.2) is 60.7 Å². The second-order valence-electron chi connectivity index (χ2n) is 3.35. The van der Waals surface area contributed by atoms with Gasteiger partial charge in [-0.1, -0.05) is 60.7 Å². The fraction of sp³-hybridized carbons (Fsp3) is 0. The monoisotopic (exact) mass is 331 g/mol. The number of benzene rings is 2. The second kappa shape index (κ2) is 12.5. The van der Waals surface area contributed by atoms with Crippen LogP contribution >= 0.6 is 24.8 Å². The van der Waals surface area contributed by atoms with E-state index in [0.717, 1.165) is 0 Å². The molecule has 6 heteroatoms. The summed E-state index contributed by atoms with van der Waals surface area (Å²) in [6.45, 7) is 0.225. The molecular formula is C14H14KNO2S2. The average molecular weight is 332 g/mol. The molecule has 0 saturated carbocycles. The summed E-state index contributed by atoms with van der Waals surface area (Å²) in [5, 5.41) is 0. The number of carbonyl (C=O) groups excluding carboxylic acids is 1. The summed E-state index contributed by atoms with van der Waals surface area (Å²) in [5.41, 5.74) is 4.57. The van der Waals surface area contributed by atoms with Crippen LogP contribution in [-0.4, -0.2) is 62.2 Å². The Balaban J connectivity index is 0.000000396. The maximum atomic E-state index is 9.33. The first-order valence-corrected chi connectivity index (χ1v) is 6.28. The molecule has 1 N–H and O–H groups in total. The van der Waals surface area contributed by atoms with E-state index >= 15 is 0 Å². The minimum absolute atomic E-state index is 0. The van der Waals surface area contributed by atoms with Gasteiger partial charge in [0.25, 0.3) is 0 Å². The number of carbonyl (C=O) groups is 1. The van der Waals surface area contributed by atoms with E-state index in [0.29, 0.717) is 0 Å². The normalized spacial score (nSPS) is 8.25. The summed E-state index contributed by atoms with van der Waals surface area (Å²) in [5.74, 6) is 0. The van der Waals surface area contributed by atoms with Crippen LogP contribution < -0.4 is 5.48 Å². The zero-order chi connectivity index (χ0) is 13.9. The van der Waals surface area contributed by atoms with Crippen LogP contribution in [-0.2, 0) is 9.63 Å². The van der Waals surface area contributed by atoms with Gasteiger partial charge < -0.3 is 4.84 Å². The first-order valence-electron chi connectivity index (χ1n) is 5.42. The van der Waals surface area contributed by atoms with Gasteiger partial charge in [-0.2, -0.15) is 0 Å². The van der Waals surface area contributed by atoms with Gasteiger partial charge in [-0.05, 0) is 23.3 Å². The van der Waals surface area contributed by atoms with E-state index in [1.807, 2.05) is 17.6 Å². The van der Waals surface area contributed by atoms with E-state index in [1.165, 1.54) is 11.1 Å². The van der Waals surface area contributed by atoms with Gasteiger partial charge in [0, 0.05) is 0 Å². The van der Waals surface area contributed by atoms with E-state index in [4.69, 9.17) is 0 Å². The molecule has 0 aliphatic heterocycles. The number of hydroxylamine groups is 1. The fourth-order valence-corrected chi connectivity index (χ4v) is 1.44. The van der Waals surface area contributed by atoms with Gasteiger partial charge in [0.15, 0.2) is 4.32 Å². The van der Waals surface area contributed by atoms with Gasteiger partial charge in [-0.25, -0.2) is 5.48 Å². The first-order chi connectivity index (χ1) is 9.24. The predicted octanol–water partition coefficient (Wildman–Crippen LogP) is 2.58. The Morgan fingerprint density at radius 2 is 1.40 bits per heavy atom. The molecule has 0 amide bonds. The minimum atomic E-state index is 0. The molecule has 0 heterocycles. The number of nitrogens with one attached hydrogen (secondary N) is 1. The third kappa shape index (κ3) is 8.86. The number of hydrogen-bond acceptors (Lipinski definition) is 3. The van der Waals surface area contributed by atoms with Gasteiger partial charge in [-0.15, -0.1) is 12.6 Å². The van der Waals surface area contributed by atoms with Crippen LogP contribution in [0.1, 0.15) is 0 Å². The number of thiol groups is 1. The van der Waals surface area contributed by atoms with Crippen molar-refractivity contribution < 1.29 is 9.63 Å². The topological polar surface area (TPSA) is 38.3 Å². The maximum Gasteiger partial charge on any atom is -0.0184 e. The quantitative estimate of drug-likeness (QED) is 0.298. The van der Waals surface area contributed by atoms with Crippen molar-refractivity contribution in [1.29, 1.82) is 0 Å². The van der Waals surface area contributed by atoms with Gasteiger partial charge >= 0.3 is 57.9 Å². The van der Waals surface area contributed by atoms with E-state index in [9.17, 15) is 4.79 Å². The zero-order valence-electron chi connectivity index (χ0n) is 10.0. The molecule has 20 heavy (non-hydrogen) atoms. The summed E-state index contributed by atoms with van der Waals surface area (Å²) >= 11 is 7.90. The standard InChI is InChI=1S/C12H10.C2H3NO2S2.K.H/c1-3-7-11(8-4-1)12-9-5-2-6-10-12;4-1-5-3-2(6)7;;/h1-10H;1H,(H2,3,6,7);;. The van der Waals surface area contributed by atoms with E-state index < -0.39 is 0 Å². The maximum absolute atomic E-state index is 9.33. The van der Waals surface area contributed by atoms with Crippen LogP contribution in [0.4, 0.5) is 0 Å². The van der Waals surface area contributed by atoms with E-state index in [1.54, 1.807) is 0 Å². The molecule has 0 radical (unpaired) electrons. The van der Waals surface area contributed by atoms with Crippen molar-refractivity contribution in [2.45, 2.75) is 0 Å². The zero-order valence-corrected chi connectivity index (χ0v) is 11.7.